The molecule has 70 heavy (non-hydrogen) atoms. The molecule has 376 valence electrons. The second kappa shape index (κ2) is 24.3. The number of hydrogen-bond acceptors (Lipinski definition) is 14. The minimum Gasteiger partial charge on any atom is -0.420 e. The maximum Gasteiger partial charge on any atom is 0.491 e. The zero-order valence-electron chi connectivity index (χ0n) is 39.1. The van der Waals surface area contributed by atoms with Gasteiger partial charge in [0.1, 0.15) is 23.9 Å². The van der Waals surface area contributed by atoms with Gasteiger partial charge in [0.2, 0.25) is 23.6 Å². The van der Waals surface area contributed by atoms with Gasteiger partial charge in [0, 0.05) is 54.2 Å². The van der Waals surface area contributed by atoms with Crippen molar-refractivity contribution in [1.82, 2.24) is 25.8 Å². The number of alkyl halides is 3. The number of ether oxygens (including phenoxy) is 1. The van der Waals surface area contributed by atoms with Crippen molar-refractivity contribution in [3.63, 3.8) is 0 Å². The number of imide groups is 1. The summed E-state index contributed by atoms with van der Waals surface area (Å²) in [6, 6.07) is 9.98. The molecule has 2 aliphatic rings. The molecule has 0 saturated carbocycles. The minimum absolute atomic E-state index is 0.0338. The second-order valence-electron chi connectivity index (χ2n) is 17.3. The van der Waals surface area contributed by atoms with E-state index in [9.17, 15) is 56.3 Å². The molecule has 5 rings (SSSR count). The molecule has 1 heterocycles. The molecule has 0 radical (unpaired) electrons. The summed E-state index contributed by atoms with van der Waals surface area (Å²) >= 11 is 1.35. The molecule has 22 heteroatoms. The molecule has 0 bridgehead atoms. The fraction of sp³-hybridized carbons (Fsp3) is 0.438. The van der Waals surface area contributed by atoms with Crippen molar-refractivity contribution in [3.05, 3.63) is 94.5 Å². The molecule has 1 fully saturated rings. The average Bonchev–Trinajstić information content (AvgIpc) is 3.82. The summed E-state index contributed by atoms with van der Waals surface area (Å²) in [5.74, 6) is -7.80. The molecule has 18 nitrogen and oxygen atoms in total. The Hall–Kier alpha value is -6.65. The third-order valence-electron chi connectivity index (χ3n) is 11.5. The number of hydrogen-bond donors (Lipinski definition) is 6. The number of benzene rings is 3. The first-order valence-corrected chi connectivity index (χ1v) is 24.0. The number of fused-ring (bicyclic) bond motifs is 2. The van der Waals surface area contributed by atoms with E-state index in [1.165, 1.54) is 35.7 Å². The summed E-state index contributed by atoms with van der Waals surface area (Å²) in [5.41, 5.74) is 13.2. The summed E-state index contributed by atoms with van der Waals surface area (Å²) in [6.45, 7) is 4.35. The topological polar surface area (TPSA) is 269 Å². The quantitative estimate of drug-likeness (QED) is 0.0398. The molecule has 3 aromatic rings. The van der Waals surface area contributed by atoms with Crippen LogP contribution in [0.1, 0.15) is 83.9 Å². The first-order chi connectivity index (χ1) is 33.1. The summed E-state index contributed by atoms with van der Waals surface area (Å²) in [6.07, 6.45) is -3.19. The Morgan fingerprint density at radius 2 is 1.51 bits per heavy atom. The lowest BCUT2D eigenvalue weighted by molar-refractivity contribution is -0.189. The van der Waals surface area contributed by atoms with E-state index in [1.54, 1.807) is 48.7 Å². The van der Waals surface area contributed by atoms with Crippen molar-refractivity contribution in [1.29, 1.82) is 0 Å². The van der Waals surface area contributed by atoms with Crippen LogP contribution in [0.4, 0.5) is 18.9 Å². The van der Waals surface area contributed by atoms with Gasteiger partial charge in [-0.3, -0.25) is 43.3 Å². The maximum atomic E-state index is 14.9. The molecule has 3 aromatic carbocycles. The fourth-order valence-corrected chi connectivity index (χ4v) is 8.54. The summed E-state index contributed by atoms with van der Waals surface area (Å²) in [7, 11) is 0. The number of halogens is 3. The third kappa shape index (κ3) is 13.8. The zero-order valence-corrected chi connectivity index (χ0v) is 39.9. The normalized spacial score (nSPS) is 16.0. The molecule has 0 aromatic heterocycles. The molecule has 6 amide bonds. The van der Waals surface area contributed by atoms with Crippen molar-refractivity contribution in [2.24, 2.45) is 17.4 Å². The van der Waals surface area contributed by atoms with Crippen LogP contribution in [-0.2, 0) is 40.0 Å². The molecule has 1 saturated heterocycles. The highest BCUT2D eigenvalue weighted by molar-refractivity contribution is 7.98. The Morgan fingerprint density at radius 1 is 0.857 bits per heavy atom. The number of likely N-dealkylation sites (tertiary alicyclic amines) is 1. The number of thioether (sulfide) groups is 1. The molecule has 0 spiro atoms. The van der Waals surface area contributed by atoms with Gasteiger partial charge in [-0.1, -0.05) is 62.4 Å². The average molecular weight is 995 g/mol. The Kier molecular flexibility index (Phi) is 18.8. The van der Waals surface area contributed by atoms with Gasteiger partial charge in [-0.25, -0.2) is 4.79 Å². The van der Waals surface area contributed by atoms with Crippen molar-refractivity contribution in [2.45, 2.75) is 89.3 Å². The van der Waals surface area contributed by atoms with Crippen molar-refractivity contribution >= 4 is 70.4 Å². The number of rotatable bonds is 21. The SMILES string of the molecule is CSC[C@H](N)C(=O)NCC(=O)N[C@@H](CC(C)C)C(=O)N1CCC[C@H]1C(=O)N(CCCNc1cccc2c1C(=O)c1ccccc1C2=O)C(=O)[C@H](Cc1ccc(OC(=O)C(F)(F)F)cc1)NC(=O)[C@H](C)N. The molecule has 0 unspecified atom stereocenters. The van der Waals surface area contributed by atoms with Crippen molar-refractivity contribution in [3.8, 4) is 5.75 Å². The van der Waals surface area contributed by atoms with E-state index in [0.717, 1.165) is 17.0 Å². The molecular weight excluding hydrogens is 938 g/mol. The van der Waals surface area contributed by atoms with E-state index in [4.69, 9.17) is 11.5 Å². The molecule has 8 N–H and O–H groups in total. The number of anilines is 1. The number of nitrogens with two attached hydrogens (primary N) is 2. The lowest BCUT2D eigenvalue weighted by Gasteiger charge is -2.34. The number of ketones is 2. The highest BCUT2D eigenvalue weighted by atomic mass is 32.2. The summed E-state index contributed by atoms with van der Waals surface area (Å²) in [5, 5.41) is 10.9. The van der Waals surface area contributed by atoms with Crippen LogP contribution in [0.25, 0.3) is 0 Å². The van der Waals surface area contributed by atoms with E-state index in [-0.39, 0.29) is 90.6 Å². The summed E-state index contributed by atoms with van der Waals surface area (Å²) < 4.78 is 43.0. The van der Waals surface area contributed by atoms with Gasteiger partial charge in [-0.05, 0) is 68.5 Å². The zero-order chi connectivity index (χ0) is 51.4. The van der Waals surface area contributed by atoms with E-state index in [0.29, 0.717) is 17.9 Å². The first-order valence-electron chi connectivity index (χ1n) is 22.6. The smallest absolute Gasteiger partial charge is 0.420 e. The van der Waals surface area contributed by atoms with E-state index in [1.807, 2.05) is 13.8 Å². The van der Waals surface area contributed by atoms with Crippen LogP contribution < -0.4 is 37.5 Å². The van der Waals surface area contributed by atoms with Crippen LogP contribution >= 0.6 is 11.8 Å². The van der Waals surface area contributed by atoms with Crippen LogP contribution in [0.15, 0.2) is 66.7 Å². The molecular formula is C48H57F3N8O10S. The number of nitrogens with zero attached hydrogens (tertiary/aromatic N) is 2. The van der Waals surface area contributed by atoms with E-state index in [2.05, 4.69) is 26.0 Å². The van der Waals surface area contributed by atoms with E-state index < -0.39 is 90.1 Å². The van der Waals surface area contributed by atoms with Crippen LogP contribution in [0.2, 0.25) is 0 Å². The van der Waals surface area contributed by atoms with Gasteiger partial charge in [-0.2, -0.15) is 24.9 Å². The van der Waals surface area contributed by atoms with Crippen molar-refractivity contribution in [2.75, 3.05) is 43.5 Å². The number of nitrogens with one attached hydrogen (secondary N) is 4. The highest BCUT2D eigenvalue weighted by Gasteiger charge is 2.43. The number of carbonyl (C=O) groups excluding carboxylic acids is 9. The van der Waals surface area contributed by atoms with Crippen molar-refractivity contribution < 1.29 is 61.1 Å². The van der Waals surface area contributed by atoms with Crippen LogP contribution in [0, 0.1) is 5.92 Å². The maximum absolute atomic E-state index is 14.9. The van der Waals surface area contributed by atoms with Crippen LogP contribution in [0.5, 0.6) is 5.75 Å². The fourth-order valence-electron chi connectivity index (χ4n) is 8.03. The Bertz CT molecular complexity index is 2470. The van der Waals surface area contributed by atoms with Gasteiger partial charge in [0.25, 0.3) is 11.8 Å². The molecule has 1 aliphatic heterocycles. The number of amides is 6. The number of carbonyl (C=O) groups is 9. The monoisotopic (exact) mass is 994 g/mol. The van der Waals surface area contributed by atoms with Gasteiger partial charge in [-0.15, -0.1) is 0 Å². The standard InChI is InChI=1S/C48H57F3N8O10S/c1-26(2)22-35(56-38(60)24-55-43(64)33(53)25-70-4)44(65)58-20-8-14-37(58)46(67)59(21-9-19-54-34-13-7-12-32-39(34)41(62)31-11-6-5-10-30(31)40(32)61)45(66)36(57-42(63)27(3)52)23-28-15-17-29(18-16-28)69-47(68)48(49,50)51/h5-7,10-13,15-18,26-27,33,35-37,54H,8-9,14,19-25,52-53H2,1-4H3,(H,55,64)(H,56,60)(H,57,63)/t27-,33-,35-,36-,37-/m0/s1. The lowest BCUT2D eigenvalue weighted by atomic mass is 9.83. The Labute approximate surface area is 406 Å². The van der Waals surface area contributed by atoms with Crippen LogP contribution in [-0.4, -0.2) is 137 Å². The highest BCUT2D eigenvalue weighted by Crippen LogP contribution is 2.32. The Morgan fingerprint density at radius 3 is 2.14 bits per heavy atom. The van der Waals surface area contributed by atoms with Gasteiger partial charge in [0.05, 0.1) is 24.2 Å². The van der Waals surface area contributed by atoms with Gasteiger partial charge in [0.15, 0.2) is 11.6 Å². The first kappa shape index (κ1) is 54.3. The molecule has 1 aliphatic carbocycles. The van der Waals surface area contributed by atoms with E-state index >= 15 is 0 Å². The predicted octanol–water partition coefficient (Wildman–Crippen LogP) is 2.49. The minimum atomic E-state index is -5.27. The predicted molar refractivity (Wildman–Crippen MR) is 252 cm³/mol. The largest absolute Gasteiger partial charge is 0.491 e. The molecule has 5 atom stereocenters. The third-order valence-corrected chi connectivity index (χ3v) is 12.2. The lowest BCUT2D eigenvalue weighted by Crippen LogP contribution is -2.59. The van der Waals surface area contributed by atoms with Crippen LogP contribution in [0.3, 0.4) is 0 Å². The summed E-state index contributed by atoms with van der Waals surface area (Å²) in [4.78, 5) is 124. The van der Waals surface area contributed by atoms with Gasteiger partial charge >= 0.3 is 12.1 Å². The van der Waals surface area contributed by atoms with Gasteiger partial charge < -0.3 is 42.4 Å². The second-order valence-corrected chi connectivity index (χ2v) is 18.3. The number of esters is 1. The Balaban J connectivity index is 1.42.